The Balaban J connectivity index is 1.49. The van der Waals surface area contributed by atoms with Crippen LogP contribution in [0.5, 0.6) is 0 Å². The Morgan fingerprint density at radius 2 is 2.00 bits per heavy atom. The van der Waals surface area contributed by atoms with E-state index in [1.165, 1.54) is 32.1 Å². The Morgan fingerprint density at radius 1 is 1.19 bits per heavy atom. The predicted octanol–water partition coefficient (Wildman–Crippen LogP) is 1.78. The van der Waals surface area contributed by atoms with Crippen LogP contribution in [0, 0.1) is 23.2 Å². The molecular formula is C17H28N2O2. The van der Waals surface area contributed by atoms with Crippen LogP contribution in [0.25, 0.3) is 0 Å². The first-order valence-corrected chi connectivity index (χ1v) is 8.83. The Morgan fingerprint density at radius 3 is 2.71 bits per heavy atom. The number of morpholine rings is 1. The van der Waals surface area contributed by atoms with Gasteiger partial charge in [-0.15, -0.1) is 0 Å². The highest BCUT2D eigenvalue weighted by Gasteiger charge is 2.58. The van der Waals surface area contributed by atoms with Gasteiger partial charge in [0.25, 0.3) is 0 Å². The van der Waals surface area contributed by atoms with Crippen molar-refractivity contribution in [3.8, 4) is 0 Å². The number of hydrogen-bond acceptors (Lipinski definition) is 3. The summed E-state index contributed by atoms with van der Waals surface area (Å²) in [5, 5.41) is 0. The standard InChI is InChI=1S/C17H28N2O2/c18-15-12-3-4-14(10-12)17(15)5-1-2-13(11-17)16(20)19-6-8-21-9-7-19/h12-15H,1-11,18H2/t12-,13+,14+,15-,17-/m0/s1. The van der Waals surface area contributed by atoms with Crippen LogP contribution in [-0.2, 0) is 9.53 Å². The van der Waals surface area contributed by atoms with E-state index < -0.39 is 0 Å². The van der Waals surface area contributed by atoms with Gasteiger partial charge in [0, 0.05) is 25.0 Å². The molecule has 5 atom stereocenters. The first kappa shape index (κ1) is 14.0. The first-order chi connectivity index (χ1) is 10.2. The van der Waals surface area contributed by atoms with Crippen LogP contribution in [0.1, 0.15) is 44.9 Å². The molecule has 118 valence electrons. The monoisotopic (exact) mass is 292 g/mol. The van der Waals surface area contributed by atoms with Gasteiger partial charge in [0.15, 0.2) is 0 Å². The number of fused-ring (bicyclic) bond motifs is 3. The van der Waals surface area contributed by atoms with Crippen molar-refractivity contribution >= 4 is 5.91 Å². The van der Waals surface area contributed by atoms with E-state index in [2.05, 4.69) is 0 Å². The van der Waals surface area contributed by atoms with Gasteiger partial charge in [-0.05, 0) is 55.8 Å². The van der Waals surface area contributed by atoms with Crippen LogP contribution in [-0.4, -0.2) is 43.2 Å². The first-order valence-electron chi connectivity index (χ1n) is 8.83. The molecule has 1 spiro atoms. The summed E-state index contributed by atoms with van der Waals surface area (Å²) in [7, 11) is 0. The van der Waals surface area contributed by atoms with E-state index in [4.69, 9.17) is 10.5 Å². The number of hydrogen-bond donors (Lipinski definition) is 1. The van der Waals surface area contributed by atoms with Crippen molar-refractivity contribution < 1.29 is 9.53 Å². The van der Waals surface area contributed by atoms with Crippen molar-refractivity contribution in [1.29, 1.82) is 0 Å². The normalized spacial score (nSPS) is 46.2. The summed E-state index contributed by atoms with van der Waals surface area (Å²) in [5.74, 6) is 2.15. The highest BCUT2D eigenvalue weighted by atomic mass is 16.5. The van der Waals surface area contributed by atoms with Gasteiger partial charge in [0.1, 0.15) is 0 Å². The molecule has 21 heavy (non-hydrogen) atoms. The van der Waals surface area contributed by atoms with Gasteiger partial charge in [-0.2, -0.15) is 0 Å². The maximum Gasteiger partial charge on any atom is 0.225 e. The minimum atomic E-state index is 0.224. The Hall–Kier alpha value is -0.610. The zero-order valence-electron chi connectivity index (χ0n) is 12.9. The molecule has 0 radical (unpaired) electrons. The fourth-order valence-corrected chi connectivity index (χ4v) is 5.87. The molecule has 0 aromatic heterocycles. The van der Waals surface area contributed by atoms with Crippen molar-refractivity contribution in [1.82, 2.24) is 4.90 Å². The highest BCUT2D eigenvalue weighted by Crippen LogP contribution is 2.61. The van der Waals surface area contributed by atoms with Gasteiger partial charge in [0.05, 0.1) is 13.2 Å². The number of nitrogens with two attached hydrogens (primary N) is 1. The predicted molar refractivity (Wildman–Crippen MR) is 80.6 cm³/mol. The molecule has 2 bridgehead atoms. The van der Waals surface area contributed by atoms with Crippen LogP contribution in [0.15, 0.2) is 0 Å². The van der Waals surface area contributed by atoms with Gasteiger partial charge in [-0.1, -0.05) is 6.42 Å². The third-order valence-corrected chi connectivity index (χ3v) is 6.95. The van der Waals surface area contributed by atoms with Crippen LogP contribution in [0.3, 0.4) is 0 Å². The highest BCUT2D eigenvalue weighted by molar-refractivity contribution is 5.79. The maximum atomic E-state index is 12.8. The second kappa shape index (κ2) is 5.24. The molecule has 1 saturated heterocycles. The number of rotatable bonds is 1. The van der Waals surface area contributed by atoms with Crippen LogP contribution in [0.4, 0.5) is 0 Å². The fraction of sp³-hybridized carbons (Fsp3) is 0.941. The molecule has 3 aliphatic carbocycles. The zero-order valence-corrected chi connectivity index (χ0v) is 12.9. The van der Waals surface area contributed by atoms with E-state index in [0.29, 0.717) is 30.6 Å². The number of carbonyl (C=O) groups excluding carboxylic acids is 1. The van der Waals surface area contributed by atoms with Crippen molar-refractivity contribution in [2.24, 2.45) is 28.9 Å². The topological polar surface area (TPSA) is 55.6 Å². The average molecular weight is 292 g/mol. The summed E-state index contributed by atoms with van der Waals surface area (Å²) < 4.78 is 5.37. The largest absolute Gasteiger partial charge is 0.378 e. The van der Waals surface area contributed by atoms with Crippen LogP contribution >= 0.6 is 0 Å². The molecule has 1 aliphatic heterocycles. The van der Waals surface area contributed by atoms with Gasteiger partial charge in [-0.25, -0.2) is 0 Å². The molecule has 4 rings (SSSR count). The zero-order chi connectivity index (χ0) is 14.4. The van der Waals surface area contributed by atoms with E-state index >= 15 is 0 Å². The number of nitrogens with zero attached hydrogens (tertiary/aromatic N) is 1. The summed E-state index contributed by atoms with van der Waals surface area (Å²) in [4.78, 5) is 14.9. The molecule has 0 unspecified atom stereocenters. The number of amides is 1. The van der Waals surface area contributed by atoms with Gasteiger partial charge < -0.3 is 15.4 Å². The lowest BCUT2D eigenvalue weighted by Crippen LogP contribution is -2.52. The molecule has 1 amide bonds. The van der Waals surface area contributed by atoms with Crippen LogP contribution < -0.4 is 5.73 Å². The quantitative estimate of drug-likeness (QED) is 0.801. The van der Waals surface area contributed by atoms with E-state index in [1.807, 2.05) is 4.90 Å². The van der Waals surface area contributed by atoms with Crippen molar-refractivity contribution in [2.45, 2.75) is 51.0 Å². The summed E-state index contributed by atoms with van der Waals surface area (Å²) in [6.07, 6.45) is 8.61. The lowest BCUT2D eigenvalue weighted by Gasteiger charge is -2.48. The third kappa shape index (κ3) is 2.14. The van der Waals surface area contributed by atoms with Crippen molar-refractivity contribution in [3.63, 3.8) is 0 Å². The van der Waals surface area contributed by atoms with Gasteiger partial charge in [0.2, 0.25) is 5.91 Å². The van der Waals surface area contributed by atoms with Gasteiger partial charge in [-0.3, -0.25) is 4.79 Å². The molecule has 0 aromatic carbocycles. The second-order valence-corrected chi connectivity index (χ2v) is 7.76. The lowest BCUT2D eigenvalue weighted by atomic mass is 9.59. The molecule has 4 heteroatoms. The molecular weight excluding hydrogens is 264 g/mol. The minimum Gasteiger partial charge on any atom is -0.378 e. The number of carbonyl (C=O) groups is 1. The Kier molecular flexibility index (Phi) is 3.49. The molecule has 2 N–H and O–H groups in total. The van der Waals surface area contributed by atoms with Gasteiger partial charge >= 0.3 is 0 Å². The average Bonchev–Trinajstić information content (AvgIpc) is 3.11. The van der Waals surface area contributed by atoms with Crippen LogP contribution in [0.2, 0.25) is 0 Å². The summed E-state index contributed by atoms with van der Waals surface area (Å²) in [6, 6.07) is 0.358. The van der Waals surface area contributed by atoms with E-state index in [9.17, 15) is 4.79 Å². The second-order valence-electron chi connectivity index (χ2n) is 7.76. The molecule has 4 aliphatic rings. The summed E-state index contributed by atoms with van der Waals surface area (Å²) in [5.41, 5.74) is 6.92. The Bertz CT molecular complexity index is 417. The summed E-state index contributed by atoms with van der Waals surface area (Å²) >= 11 is 0. The number of ether oxygens (including phenoxy) is 1. The minimum absolute atomic E-state index is 0.224. The fourth-order valence-electron chi connectivity index (χ4n) is 5.87. The molecule has 1 heterocycles. The summed E-state index contributed by atoms with van der Waals surface area (Å²) in [6.45, 7) is 2.96. The van der Waals surface area contributed by atoms with Crippen molar-refractivity contribution in [2.75, 3.05) is 26.3 Å². The molecule has 3 saturated carbocycles. The molecule has 4 fully saturated rings. The smallest absolute Gasteiger partial charge is 0.225 e. The SMILES string of the molecule is N[C@H]1[C@H]2CC[C@H](C2)[C@@]12CCC[C@@H](C(=O)N1CCOCC1)C2. The molecule has 4 nitrogen and oxygen atoms in total. The van der Waals surface area contributed by atoms with E-state index in [1.54, 1.807) is 0 Å². The lowest BCUT2D eigenvalue weighted by molar-refractivity contribution is -0.143. The van der Waals surface area contributed by atoms with E-state index in [-0.39, 0.29) is 5.92 Å². The molecule has 0 aromatic rings. The van der Waals surface area contributed by atoms with Crippen molar-refractivity contribution in [3.05, 3.63) is 0 Å². The maximum absolute atomic E-state index is 12.8. The van der Waals surface area contributed by atoms with E-state index in [0.717, 1.165) is 37.8 Å². The third-order valence-electron chi connectivity index (χ3n) is 6.95. The Labute approximate surface area is 127 Å².